The minimum Gasteiger partial charge on any atom is -0.479 e. The van der Waals surface area contributed by atoms with Gasteiger partial charge in [-0.3, -0.25) is 0 Å². The predicted octanol–water partition coefficient (Wildman–Crippen LogP) is 3.55. The van der Waals surface area contributed by atoms with Gasteiger partial charge in [0.15, 0.2) is 15.9 Å². The van der Waals surface area contributed by atoms with Crippen molar-refractivity contribution in [3.63, 3.8) is 0 Å². The normalized spacial score (nSPS) is 17.4. The van der Waals surface area contributed by atoms with E-state index in [1.165, 1.54) is 23.1 Å². The standard InChI is InChI=1S/C19H15F6NO5S/c1-32(30,31)13-6-7-14-10(8-13)9-26(15(14)16(27)28)12-4-2-11(3-5-12)17(29,18(20,21)22)19(23,24)25/h2-8,15,29H,9H2,1H3,(H,27,28)/t15-/m1/s1. The first kappa shape index (κ1) is 23.9. The van der Waals surface area contributed by atoms with Crippen molar-refractivity contribution in [2.75, 3.05) is 11.2 Å². The van der Waals surface area contributed by atoms with Crippen LogP contribution in [-0.4, -0.2) is 43.2 Å². The highest BCUT2D eigenvalue weighted by atomic mass is 32.2. The molecule has 2 aromatic carbocycles. The Bertz CT molecular complexity index is 1140. The maximum absolute atomic E-state index is 13.1. The lowest BCUT2D eigenvalue weighted by Crippen LogP contribution is -2.53. The number of carbonyl (C=O) groups is 1. The average molecular weight is 483 g/mol. The van der Waals surface area contributed by atoms with Gasteiger partial charge in [-0.2, -0.15) is 26.3 Å². The Kier molecular flexibility index (Phi) is 5.50. The molecule has 1 atom stereocenters. The topological polar surface area (TPSA) is 94.9 Å². The molecule has 3 rings (SSSR count). The van der Waals surface area contributed by atoms with E-state index in [0.29, 0.717) is 17.7 Å². The van der Waals surface area contributed by atoms with Crippen LogP contribution in [0.4, 0.5) is 32.0 Å². The Morgan fingerprint density at radius 2 is 1.53 bits per heavy atom. The summed E-state index contributed by atoms with van der Waals surface area (Å²) in [6.45, 7) is -0.155. The minimum atomic E-state index is -6.05. The van der Waals surface area contributed by atoms with Gasteiger partial charge in [0.2, 0.25) is 0 Å². The number of anilines is 1. The second-order valence-corrected chi connectivity index (χ2v) is 9.27. The zero-order chi connectivity index (χ0) is 24.3. The van der Waals surface area contributed by atoms with Crippen LogP contribution in [0.5, 0.6) is 0 Å². The molecule has 0 aliphatic carbocycles. The molecule has 0 amide bonds. The number of benzene rings is 2. The second kappa shape index (κ2) is 7.37. The van der Waals surface area contributed by atoms with Crippen molar-refractivity contribution < 1.29 is 49.8 Å². The van der Waals surface area contributed by atoms with E-state index in [1.54, 1.807) is 0 Å². The first-order valence-corrected chi connectivity index (χ1v) is 10.7. The minimum absolute atomic E-state index is 0.0371. The predicted molar refractivity (Wildman–Crippen MR) is 98.6 cm³/mol. The average Bonchev–Trinajstić information content (AvgIpc) is 3.04. The zero-order valence-electron chi connectivity index (χ0n) is 16.1. The smallest absolute Gasteiger partial charge is 0.430 e. The quantitative estimate of drug-likeness (QED) is 0.646. The first-order valence-electron chi connectivity index (χ1n) is 8.77. The third kappa shape index (κ3) is 3.79. The number of alkyl halides is 6. The molecule has 174 valence electrons. The van der Waals surface area contributed by atoms with E-state index in [-0.39, 0.29) is 22.7 Å². The molecule has 2 aromatic rings. The van der Waals surface area contributed by atoms with Crippen LogP contribution in [0.3, 0.4) is 0 Å². The van der Waals surface area contributed by atoms with Gasteiger partial charge >= 0.3 is 18.3 Å². The monoisotopic (exact) mass is 483 g/mol. The third-order valence-corrected chi connectivity index (χ3v) is 6.27. The van der Waals surface area contributed by atoms with E-state index in [2.05, 4.69) is 0 Å². The molecule has 2 N–H and O–H groups in total. The molecule has 0 unspecified atom stereocenters. The van der Waals surface area contributed by atoms with Crippen molar-refractivity contribution in [3.05, 3.63) is 59.2 Å². The van der Waals surface area contributed by atoms with Crippen LogP contribution in [0, 0.1) is 0 Å². The Labute approximate surface area is 177 Å². The molecule has 0 aromatic heterocycles. The lowest BCUT2D eigenvalue weighted by Gasteiger charge is -2.33. The molecule has 1 aliphatic rings. The number of rotatable bonds is 4. The summed E-state index contributed by atoms with van der Waals surface area (Å²) in [5.41, 5.74) is -6.07. The molecule has 1 aliphatic heterocycles. The molecule has 0 bridgehead atoms. The highest BCUT2D eigenvalue weighted by molar-refractivity contribution is 7.90. The number of halogens is 6. The second-order valence-electron chi connectivity index (χ2n) is 7.25. The molecular weight excluding hydrogens is 468 g/mol. The Hall–Kier alpha value is -2.80. The Morgan fingerprint density at radius 1 is 1.00 bits per heavy atom. The van der Waals surface area contributed by atoms with E-state index < -0.39 is 45.4 Å². The van der Waals surface area contributed by atoms with Crippen LogP contribution in [0.25, 0.3) is 0 Å². The van der Waals surface area contributed by atoms with Crippen LogP contribution < -0.4 is 4.90 Å². The van der Waals surface area contributed by atoms with Crippen molar-refractivity contribution >= 4 is 21.5 Å². The number of aliphatic hydroxyl groups is 1. The van der Waals surface area contributed by atoms with Gasteiger partial charge in [0.25, 0.3) is 5.60 Å². The van der Waals surface area contributed by atoms with Crippen LogP contribution in [0.2, 0.25) is 0 Å². The van der Waals surface area contributed by atoms with E-state index >= 15 is 0 Å². The van der Waals surface area contributed by atoms with Gasteiger partial charge in [0.1, 0.15) is 0 Å². The summed E-state index contributed by atoms with van der Waals surface area (Å²) in [4.78, 5) is 12.9. The van der Waals surface area contributed by atoms with Crippen molar-refractivity contribution in [2.24, 2.45) is 0 Å². The summed E-state index contributed by atoms with van der Waals surface area (Å²) < 4.78 is 102. The van der Waals surface area contributed by atoms with Crippen LogP contribution >= 0.6 is 0 Å². The van der Waals surface area contributed by atoms with Gasteiger partial charge in [0, 0.05) is 24.1 Å². The molecule has 0 spiro atoms. The fraction of sp³-hybridized carbons (Fsp3) is 0.316. The number of carboxylic acid groups (broad SMARTS) is 1. The summed E-state index contributed by atoms with van der Waals surface area (Å²) in [6.07, 6.45) is -11.2. The molecule has 0 radical (unpaired) electrons. The van der Waals surface area contributed by atoms with Crippen molar-refractivity contribution in [3.8, 4) is 0 Å². The summed E-state index contributed by atoms with van der Waals surface area (Å²) in [6, 6.07) is 4.91. The first-order chi connectivity index (χ1) is 14.5. The van der Waals surface area contributed by atoms with Gasteiger partial charge in [0.05, 0.1) is 4.90 Å². The van der Waals surface area contributed by atoms with E-state index in [0.717, 1.165) is 18.4 Å². The zero-order valence-corrected chi connectivity index (χ0v) is 16.9. The van der Waals surface area contributed by atoms with Gasteiger partial charge in [-0.25, -0.2) is 13.2 Å². The number of hydrogen-bond acceptors (Lipinski definition) is 5. The highest BCUT2D eigenvalue weighted by Gasteiger charge is 2.71. The number of aliphatic carboxylic acids is 1. The maximum atomic E-state index is 13.1. The largest absolute Gasteiger partial charge is 0.479 e. The summed E-state index contributed by atoms with van der Waals surface area (Å²) in [5, 5.41) is 19.1. The van der Waals surface area contributed by atoms with Gasteiger partial charge in [-0.15, -0.1) is 0 Å². The summed E-state index contributed by atoms with van der Waals surface area (Å²) in [7, 11) is -3.60. The molecule has 0 fully saturated rings. The molecule has 6 nitrogen and oxygen atoms in total. The van der Waals surface area contributed by atoms with E-state index in [4.69, 9.17) is 0 Å². The fourth-order valence-electron chi connectivity index (χ4n) is 3.55. The van der Waals surface area contributed by atoms with Crippen LogP contribution in [0.15, 0.2) is 47.4 Å². The fourth-order valence-corrected chi connectivity index (χ4v) is 4.22. The number of hydrogen-bond donors (Lipinski definition) is 2. The number of sulfone groups is 1. The van der Waals surface area contributed by atoms with Crippen molar-refractivity contribution in [1.29, 1.82) is 0 Å². The van der Waals surface area contributed by atoms with Gasteiger partial charge in [-0.1, -0.05) is 18.2 Å². The van der Waals surface area contributed by atoms with Crippen LogP contribution in [0.1, 0.15) is 22.7 Å². The number of carboxylic acids is 1. The highest BCUT2D eigenvalue weighted by Crippen LogP contribution is 2.50. The summed E-state index contributed by atoms with van der Waals surface area (Å²) in [5.74, 6) is -1.36. The molecule has 1 heterocycles. The lowest BCUT2D eigenvalue weighted by atomic mass is 9.92. The van der Waals surface area contributed by atoms with E-state index in [9.17, 15) is 49.8 Å². The maximum Gasteiger partial charge on any atom is 0.430 e. The van der Waals surface area contributed by atoms with Crippen molar-refractivity contribution in [1.82, 2.24) is 0 Å². The van der Waals surface area contributed by atoms with E-state index in [1.807, 2.05) is 0 Å². The molecule has 13 heteroatoms. The SMILES string of the molecule is CS(=O)(=O)c1ccc2c(c1)CN(c1ccc(C(O)(C(F)(F)F)C(F)(F)F)cc1)[C@H]2C(=O)O. The Balaban J connectivity index is 2.04. The third-order valence-electron chi connectivity index (χ3n) is 5.16. The van der Waals surface area contributed by atoms with Crippen LogP contribution in [-0.2, 0) is 26.8 Å². The lowest BCUT2D eigenvalue weighted by molar-refractivity contribution is -0.376. The molecule has 0 saturated carbocycles. The molecule has 0 saturated heterocycles. The van der Waals surface area contributed by atoms with Crippen molar-refractivity contribution in [2.45, 2.75) is 35.4 Å². The Morgan fingerprint density at radius 3 is 1.97 bits per heavy atom. The number of nitrogens with zero attached hydrogens (tertiary/aromatic N) is 1. The van der Waals surface area contributed by atoms with Gasteiger partial charge < -0.3 is 15.1 Å². The molecule has 32 heavy (non-hydrogen) atoms. The number of fused-ring (bicyclic) bond motifs is 1. The molecular formula is C19H15F6NO5S. The summed E-state index contributed by atoms with van der Waals surface area (Å²) >= 11 is 0. The van der Waals surface area contributed by atoms with Gasteiger partial charge in [-0.05, 0) is 35.4 Å².